The van der Waals surface area contributed by atoms with E-state index in [1.54, 1.807) is 12.4 Å². The summed E-state index contributed by atoms with van der Waals surface area (Å²) in [7, 11) is 0. The maximum Gasteiger partial charge on any atom is 0.139 e. The normalized spacial score (nSPS) is 12.9. The van der Waals surface area contributed by atoms with Crippen molar-refractivity contribution in [2.24, 2.45) is 0 Å². The molecule has 6 rings (SSSR count). The van der Waals surface area contributed by atoms with Crippen molar-refractivity contribution in [1.29, 1.82) is 0 Å². The summed E-state index contributed by atoms with van der Waals surface area (Å²) in [6.07, 6.45) is 5.79. The number of aliphatic hydroxyl groups is 2. The van der Waals surface area contributed by atoms with Crippen LogP contribution < -0.4 is 9.47 Å². The second-order valence-corrected chi connectivity index (χ2v) is 12.1. The standard InChI is InChI=1S/C39H40N4O4/c1-39(2,31-15-9-17-35(23-31)46-27-33(44)25-42-21-19-40-37(42)29-11-5-3-6-12-29)32-16-10-18-36(24-32)47-28-34(45)26-43-22-20-41-38(43)30-13-7-4-8-14-30/h3-24,33-34,44-45H,25-28H2,1-2H3. The second-order valence-electron chi connectivity index (χ2n) is 12.1. The van der Waals surface area contributed by atoms with Gasteiger partial charge in [0.1, 0.15) is 48.6 Å². The lowest BCUT2D eigenvalue weighted by Gasteiger charge is -2.27. The fourth-order valence-electron chi connectivity index (χ4n) is 5.67. The van der Waals surface area contributed by atoms with Crippen LogP contribution in [0.1, 0.15) is 25.0 Å². The van der Waals surface area contributed by atoms with E-state index in [4.69, 9.17) is 9.47 Å². The highest BCUT2D eigenvalue weighted by atomic mass is 16.5. The molecule has 0 amide bonds. The maximum atomic E-state index is 10.8. The van der Waals surface area contributed by atoms with E-state index in [-0.39, 0.29) is 18.6 Å². The fourth-order valence-corrected chi connectivity index (χ4v) is 5.67. The van der Waals surface area contributed by atoms with Crippen LogP contribution in [0.5, 0.6) is 11.5 Å². The summed E-state index contributed by atoms with van der Waals surface area (Å²) >= 11 is 0. The van der Waals surface area contributed by atoms with Gasteiger partial charge in [0.2, 0.25) is 0 Å². The van der Waals surface area contributed by atoms with E-state index in [0.717, 1.165) is 33.9 Å². The molecule has 2 unspecified atom stereocenters. The van der Waals surface area contributed by atoms with Crippen molar-refractivity contribution in [3.8, 4) is 34.3 Å². The largest absolute Gasteiger partial charge is 0.491 e. The lowest BCUT2D eigenvalue weighted by molar-refractivity contribution is 0.0928. The molecule has 0 spiro atoms. The van der Waals surface area contributed by atoms with Crippen LogP contribution in [0.3, 0.4) is 0 Å². The molecule has 0 fully saturated rings. The molecule has 47 heavy (non-hydrogen) atoms. The van der Waals surface area contributed by atoms with Crippen molar-refractivity contribution in [3.63, 3.8) is 0 Å². The third-order valence-electron chi connectivity index (χ3n) is 8.31. The fraction of sp³-hybridized carbons (Fsp3) is 0.231. The molecule has 0 aliphatic carbocycles. The highest BCUT2D eigenvalue weighted by Crippen LogP contribution is 2.35. The van der Waals surface area contributed by atoms with Gasteiger partial charge in [-0.1, -0.05) is 98.8 Å². The van der Waals surface area contributed by atoms with Crippen LogP contribution in [0.4, 0.5) is 0 Å². The van der Waals surface area contributed by atoms with Crippen LogP contribution in [-0.2, 0) is 18.5 Å². The monoisotopic (exact) mass is 628 g/mol. The van der Waals surface area contributed by atoms with Gasteiger partial charge in [0.05, 0.1) is 13.1 Å². The SMILES string of the molecule is CC(C)(c1cccc(OCC(O)Cn2ccnc2-c2ccccc2)c1)c1cccc(OCC(O)Cn2ccnc2-c2ccccc2)c1. The van der Waals surface area contributed by atoms with Crippen molar-refractivity contribution < 1.29 is 19.7 Å². The van der Waals surface area contributed by atoms with E-state index in [2.05, 4.69) is 35.9 Å². The first-order valence-corrected chi connectivity index (χ1v) is 15.8. The number of hydrogen-bond donors (Lipinski definition) is 2. The number of aliphatic hydroxyl groups excluding tert-OH is 2. The molecule has 2 atom stereocenters. The molecule has 0 saturated heterocycles. The first kappa shape index (κ1) is 31.8. The number of ether oxygens (including phenoxy) is 2. The van der Waals surface area contributed by atoms with Gasteiger partial charge in [0.15, 0.2) is 0 Å². The summed E-state index contributed by atoms with van der Waals surface area (Å²) in [6, 6.07) is 35.8. The lowest BCUT2D eigenvalue weighted by atomic mass is 9.78. The van der Waals surface area contributed by atoms with Gasteiger partial charge in [-0.2, -0.15) is 0 Å². The van der Waals surface area contributed by atoms with Gasteiger partial charge in [0.25, 0.3) is 0 Å². The van der Waals surface area contributed by atoms with Gasteiger partial charge in [-0.25, -0.2) is 9.97 Å². The Kier molecular flexibility index (Phi) is 9.80. The minimum Gasteiger partial charge on any atom is -0.491 e. The molecule has 4 aromatic carbocycles. The summed E-state index contributed by atoms with van der Waals surface area (Å²) in [5.41, 5.74) is 3.77. The third kappa shape index (κ3) is 7.80. The van der Waals surface area contributed by atoms with Crippen molar-refractivity contribution >= 4 is 0 Å². The van der Waals surface area contributed by atoms with Crippen LogP contribution in [-0.4, -0.2) is 54.7 Å². The Bertz CT molecular complexity index is 1730. The van der Waals surface area contributed by atoms with Crippen molar-refractivity contribution in [3.05, 3.63) is 145 Å². The molecule has 6 aromatic rings. The molecule has 0 radical (unpaired) electrons. The van der Waals surface area contributed by atoms with E-state index >= 15 is 0 Å². The first-order valence-electron chi connectivity index (χ1n) is 15.8. The Morgan fingerprint density at radius 1 is 0.596 bits per heavy atom. The molecule has 8 heteroatoms. The molecule has 0 bridgehead atoms. The number of rotatable bonds is 14. The average molecular weight is 629 g/mol. The zero-order valence-electron chi connectivity index (χ0n) is 26.7. The number of nitrogens with zero attached hydrogens (tertiary/aromatic N) is 4. The van der Waals surface area contributed by atoms with Gasteiger partial charge in [-0.15, -0.1) is 0 Å². The Morgan fingerprint density at radius 3 is 1.45 bits per heavy atom. The Morgan fingerprint density at radius 2 is 1.02 bits per heavy atom. The van der Waals surface area contributed by atoms with Crippen LogP contribution in [0.25, 0.3) is 22.8 Å². The predicted octanol–water partition coefficient (Wildman–Crippen LogP) is 6.62. The number of hydrogen-bond acceptors (Lipinski definition) is 6. The zero-order chi connectivity index (χ0) is 32.6. The van der Waals surface area contributed by atoms with Crippen molar-refractivity contribution in [1.82, 2.24) is 19.1 Å². The van der Waals surface area contributed by atoms with Gasteiger partial charge < -0.3 is 28.8 Å². The minimum absolute atomic E-state index is 0.147. The number of aromatic nitrogens is 4. The van der Waals surface area contributed by atoms with Crippen LogP contribution in [0.2, 0.25) is 0 Å². The summed E-state index contributed by atoms with van der Waals surface area (Å²) in [5, 5.41) is 21.6. The summed E-state index contributed by atoms with van der Waals surface area (Å²) in [6.45, 7) is 5.34. The van der Waals surface area contributed by atoms with Crippen LogP contribution in [0, 0.1) is 0 Å². The maximum absolute atomic E-state index is 10.8. The molecule has 2 heterocycles. The average Bonchev–Trinajstić information content (AvgIpc) is 3.77. The molecule has 240 valence electrons. The quantitative estimate of drug-likeness (QED) is 0.141. The van der Waals surface area contributed by atoms with Gasteiger partial charge in [0, 0.05) is 41.3 Å². The van der Waals surface area contributed by atoms with E-state index < -0.39 is 12.2 Å². The van der Waals surface area contributed by atoms with E-state index in [9.17, 15) is 10.2 Å². The molecule has 2 N–H and O–H groups in total. The molecule has 0 saturated carbocycles. The number of imidazole rings is 2. The Labute approximate surface area is 275 Å². The second kappa shape index (κ2) is 14.5. The highest BCUT2D eigenvalue weighted by molar-refractivity contribution is 5.56. The molecule has 0 aliphatic rings. The van der Waals surface area contributed by atoms with Crippen molar-refractivity contribution in [2.75, 3.05) is 13.2 Å². The smallest absolute Gasteiger partial charge is 0.139 e. The van der Waals surface area contributed by atoms with Crippen LogP contribution >= 0.6 is 0 Å². The summed E-state index contributed by atoms with van der Waals surface area (Å²) in [5.74, 6) is 3.00. The zero-order valence-corrected chi connectivity index (χ0v) is 26.7. The summed E-state index contributed by atoms with van der Waals surface area (Å²) in [4.78, 5) is 8.93. The Hall–Kier alpha value is -5.18. The number of benzene rings is 4. The predicted molar refractivity (Wildman–Crippen MR) is 183 cm³/mol. The molecule has 2 aromatic heterocycles. The Balaban J connectivity index is 1.05. The van der Waals surface area contributed by atoms with Gasteiger partial charge in [-0.3, -0.25) is 0 Å². The molecule has 0 aliphatic heterocycles. The highest BCUT2D eigenvalue weighted by Gasteiger charge is 2.24. The summed E-state index contributed by atoms with van der Waals surface area (Å²) < 4.78 is 16.0. The minimum atomic E-state index is -0.716. The third-order valence-corrected chi connectivity index (χ3v) is 8.31. The molecule has 8 nitrogen and oxygen atoms in total. The molecular weight excluding hydrogens is 588 g/mol. The lowest BCUT2D eigenvalue weighted by Crippen LogP contribution is -2.24. The topological polar surface area (TPSA) is 94.6 Å². The van der Waals surface area contributed by atoms with Crippen LogP contribution in [0.15, 0.2) is 134 Å². The van der Waals surface area contributed by atoms with Crippen molar-refractivity contribution in [2.45, 2.75) is 44.6 Å². The van der Waals surface area contributed by atoms with Gasteiger partial charge in [-0.05, 0) is 35.4 Å². The van der Waals surface area contributed by atoms with E-state index in [0.29, 0.717) is 24.6 Å². The van der Waals surface area contributed by atoms with E-state index in [1.807, 2.05) is 119 Å². The first-order chi connectivity index (χ1) is 22.9. The molecular formula is C39H40N4O4. The van der Waals surface area contributed by atoms with E-state index in [1.165, 1.54) is 0 Å². The van der Waals surface area contributed by atoms with Gasteiger partial charge >= 0.3 is 0 Å².